The minimum atomic E-state index is -0.145. The maximum absolute atomic E-state index is 12.5. The predicted molar refractivity (Wildman–Crippen MR) is 82.9 cm³/mol. The molecule has 2 aliphatic heterocycles. The van der Waals surface area contributed by atoms with Gasteiger partial charge in [-0.25, -0.2) is 9.56 Å². The highest BCUT2D eigenvalue weighted by Crippen LogP contribution is 2.39. The molecule has 1 amide bonds. The molecule has 0 bridgehead atoms. The summed E-state index contributed by atoms with van der Waals surface area (Å²) in [5.74, 6) is 0.556. The summed E-state index contributed by atoms with van der Waals surface area (Å²) in [4.78, 5) is 20.9. The summed E-state index contributed by atoms with van der Waals surface area (Å²) in [6.07, 6.45) is 1.74. The topological polar surface area (TPSA) is 57.9 Å². The van der Waals surface area contributed by atoms with E-state index in [1.807, 2.05) is 16.7 Å². The number of hydrogen-bond donors (Lipinski definition) is 1. The van der Waals surface area contributed by atoms with Gasteiger partial charge in [0.15, 0.2) is 5.71 Å². The van der Waals surface area contributed by atoms with Gasteiger partial charge in [-0.05, 0) is 34.6 Å². The molecule has 1 unspecified atom stereocenters. The first-order valence-electron chi connectivity index (χ1n) is 7.17. The second kappa shape index (κ2) is 4.88. The Labute approximate surface area is 132 Å². The van der Waals surface area contributed by atoms with Crippen molar-refractivity contribution in [1.29, 1.82) is 0 Å². The highest BCUT2D eigenvalue weighted by atomic mass is 35.5. The lowest BCUT2D eigenvalue weighted by Crippen LogP contribution is -2.45. The molecular weight excluding hydrogens is 300 g/mol. The summed E-state index contributed by atoms with van der Waals surface area (Å²) < 4.78 is 1.97. The Morgan fingerprint density at radius 1 is 1.32 bits per heavy atom. The maximum Gasteiger partial charge on any atom is 0.336 e. The van der Waals surface area contributed by atoms with Gasteiger partial charge in [0.2, 0.25) is 0 Å². The van der Waals surface area contributed by atoms with Gasteiger partial charge in [-0.2, -0.15) is 0 Å². The molecule has 1 aromatic carbocycles. The Balaban J connectivity index is 2.00. The van der Waals surface area contributed by atoms with Crippen molar-refractivity contribution in [3.05, 3.63) is 52.4 Å². The number of amides is 1. The third-order valence-electron chi connectivity index (χ3n) is 4.25. The zero-order valence-corrected chi connectivity index (χ0v) is 12.8. The van der Waals surface area contributed by atoms with Gasteiger partial charge in [-0.3, -0.25) is 4.79 Å². The molecule has 0 fully saturated rings. The smallest absolute Gasteiger partial charge is 0.336 e. The van der Waals surface area contributed by atoms with E-state index in [0.29, 0.717) is 18.8 Å². The lowest BCUT2D eigenvalue weighted by atomic mass is 9.87. The summed E-state index contributed by atoms with van der Waals surface area (Å²) >= 11 is 5.96. The Hall–Kier alpha value is -2.27. The number of halogens is 1. The van der Waals surface area contributed by atoms with E-state index in [9.17, 15) is 4.79 Å². The monoisotopic (exact) mass is 313 g/mol. The number of benzene rings is 1. The first-order valence-corrected chi connectivity index (χ1v) is 7.55. The van der Waals surface area contributed by atoms with Gasteiger partial charge < -0.3 is 5.32 Å². The molecule has 1 N–H and O–H groups in total. The van der Waals surface area contributed by atoms with Crippen molar-refractivity contribution in [2.45, 2.75) is 12.8 Å². The summed E-state index contributed by atoms with van der Waals surface area (Å²) in [6, 6.07) is 8.09. The first-order chi connectivity index (χ1) is 10.7. The summed E-state index contributed by atoms with van der Waals surface area (Å²) in [7, 11) is 0. The molecule has 0 saturated heterocycles. The molecular formula is C16H14ClN4O+. The van der Waals surface area contributed by atoms with Crippen LogP contribution >= 0.6 is 11.6 Å². The Morgan fingerprint density at radius 2 is 2.14 bits per heavy atom. The lowest BCUT2D eigenvalue weighted by Gasteiger charge is -2.18. The Kier molecular flexibility index (Phi) is 2.97. The van der Waals surface area contributed by atoms with Gasteiger partial charge in [0.05, 0.1) is 18.0 Å². The number of aryl methyl sites for hydroxylation is 1. The molecule has 0 radical (unpaired) electrons. The van der Waals surface area contributed by atoms with Crippen LogP contribution in [0.1, 0.15) is 22.6 Å². The average Bonchev–Trinajstić information content (AvgIpc) is 2.83. The van der Waals surface area contributed by atoms with Gasteiger partial charge >= 0.3 is 11.1 Å². The van der Waals surface area contributed by atoms with Crippen LogP contribution in [0, 0.1) is 6.92 Å². The molecule has 6 heteroatoms. The fourth-order valence-corrected chi connectivity index (χ4v) is 3.40. The van der Waals surface area contributed by atoms with Crippen molar-refractivity contribution < 1.29 is 9.37 Å². The minimum Gasteiger partial charge on any atom is -0.345 e. The Morgan fingerprint density at radius 3 is 2.95 bits per heavy atom. The average molecular weight is 314 g/mol. The molecule has 1 aromatic heterocycles. The minimum absolute atomic E-state index is 0.0476. The molecule has 22 heavy (non-hydrogen) atoms. The normalized spacial score (nSPS) is 19.7. The van der Waals surface area contributed by atoms with Gasteiger partial charge in [-0.15, -0.1) is 0 Å². The highest BCUT2D eigenvalue weighted by Gasteiger charge is 2.45. The van der Waals surface area contributed by atoms with Crippen LogP contribution < -0.4 is 5.32 Å². The van der Waals surface area contributed by atoms with E-state index in [2.05, 4.69) is 34.3 Å². The largest absolute Gasteiger partial charge is 0.345 e. The number of nitrogens with zero attached hydrogens (tertiary/aromatic N) is 3. The summed E-state index contributed by atoms with van der Waals surface area (Å²) in [5, 5.41) is 3.13. The SMILES string of the molecule is Cc1ccccc1C1C2=[N+](CCNC2=O)c2nc(Cl)ncc21. The number of rotatable bonds is 1. The maximum atomic E-state index is 12.5. The van der Waals surface area contributed by atoms with E-state index in [4.69, 9.17) is 11.6 Å². The summed E-state index contributed by atoms with van der Waals surface area (Å²) in [6.45, 7) is 3.35. The van der Waals surface area contributed by atoms with Crippen LogP contribution in [0.25, 0.3) is 0 Å². The molecule has 110 valence electrons. The van der Waals surface area contributed by atoms with Crippen molar-refractivity contribution in [3.8, 4) is 0 Å². The van der Waals surface area contributed by atoms with Crippen molar-refractivity contribution in [2.75, 3.05) is 13.1 Å². The van der Waals surface area contributed by atoms with E-state index >= 15 is 0 Å². The van der Waals surface area contributed by atoms with Gasteiger partial charge in [0.25, 0.3) is 5.91 Å². The molecule has 2 aliphatic rings. The van der Waals surface area contributed by atoms with Crippen molar-refractivity contribution >= 4 is 29.0 Å². The summed E-state index contributed by atoms with van der Waals surface area (Å²) in [5.41, 5.74) is 3.89. The quantitative estimate of drug-likeness (QED) is 0.645. The third-order valence-corrected chi connectivity index (χ3v) is 4.43. The van der Waals surface area contributed by atoms with E-state index in [0.717, 1.165) is 22.5 Å². The molecule has 0 aliphatic carbocycles. The van der Waals surface area contributed by atoms with Crippen molar-refractivity contribution in [3.63, 3.8) is 0 Å². The van der Waals surface area contributed by atoms with Crippen molar-refractivity contribution in [2.24, 2.45) is 0 Å². The molecule has 0 spiro atoms. The number of carbonyl (C=O) groups is 1. The zero-order valence-electron chi connectivity index (χ0n) is 12.0. The van der Waals surface area contributed by atoms with E-state index in [1.54, 1.807) is 6.20 Å². The first kappa shape index (κ1) is 13.4. The molecule has 0 saturated carbocycles. The second-order valence-corrected chi connectivity index (χ2v) is 5.84. The van der Waals surface area contributed by atoms with Crippen LogP contribution in [0.4, 0.5) is 5.82 Å². The fraction of sp³-hybridized carbons (Fsp3) is 0.250. The van der Waals surface area contributed by atoms with Crippen LogP contribution in [0.15, 0.2) is 30.5 Å². The molecule has 5 nitrogen and oxygen atoms in total. The third kappa shape index (κ3) is 1.85. The lowest BCUT2D eigenvalue weighted by molar-refractivity contribution is -0.441. The number of hydrogen-bond acceptors (Lipinski definition) is 3. The van der Waals surface area contributed by atoms with Crippen LogP contribution in [0.5, 0.6) is 0 Å². The van der Waals surface area contributed by atoms with Gasteiger partial charge in [0.1, 0.15) is 6.54 Å². The predicted octanol–water partition coefficient (Wildman–Crippen LogP) is 1.80. The van der Waals surface area contributed by atoms with Crippen LogP contribution in [0.3, 0.4) is 0 Å². The highest BCUT2D eigenvalue weighted by molar-refractivity contribution is 6.40. The zero-order chi connectivity index (χ0) is 15.3. The number of aromatic nitrogens is 2. The number of carbonyl (C=O) groups excluding carboxylic acids is 1. The van der Waals surface area contributed by atoms with Gasteiger partial charge in [-0.1, -0.05) is 24.3 Å². The molecule has 3 heterocycles. The number of fused-ring (bicyclic) bond motifs is 2. The van der Waals surface area contributed by atoms with Crippen LogP contribution in [-0.4, -0.2) is 39.3 Å². The van der Waals surface area contributed by atoms with Crippen LogP contribution in [-0.2, 0) is 4.79 Å². The molecule has 1 atom stereocenters. The standard InChI is InChI=1S/C16H13ClN4O/c1-9-4-2-3-5-10(9)12-11-8-19-16(17)20-14(11)21-7-6-18-15(22)13(12)21/h2-5,8,12H,6-7H2,1H3/p+1. The number of nitrogens with one attached hydrogen (secondary N) is 1. The second-order valence-electron chi connectivity index (χ2n) is 5.50. The van der Waals surface area contributed by atoms with E-state index < -0.39 is 0 Å². The van der Waals surface area contributed by atoms with E-state index in [1.165, 1.54) is 0 Å². The van der Waals surface area contributed by atoms with Crippen molar-refractivity contribution in [1.82, 2.24) is 15.3 Å². The molecule has 2 aromatic rings. The fourth-order valence-electron chi connectivity index (χ4n) is 3.28. The van der Waals surface area contributed by atoms with E-state index in [-0.39, 0.29) is 17.1 Å². The molecule has 4 rings (SSSR count). The van der Waals surface area contributed by atoms with Crippen LogP contribution in [0.2, 0.25) is 5.28 Å². The van der Waals surface area contributed by atoms with Gasteiger partial charge in [0, 0.05) is 6.20 Å². The Bertz CT molecular complexity index is 831.